The van der Waals surface area contributed by atoms with Gasteiger partial charge in [0.05, 0.1) is 11.0 Å². The Hall–Kier alpha value is -2.73. The van der Waals surface area contributed by atoms with Gasteiger partial charge < -0.3 is 15.0 Å². The number of hydrogen-bond donors (Lipinski definition) is 2. The van der Waals surface area contributed by atoms with Crippen molar-refractivity contribution in [2.75, 3.05) is 19.7 Å². The van der Waals surface area contributed by atoms with Crippen molar-refractivity contribution in [3.05, 3.63) is 60.2 Å². The van der Waals surface area contributed by atoms with Crippen LogP contribution < -0.4 is 0 Å². The summed E-state index contributed by atoms with van der Waals surface area (Å²) in [5.41, 5.74) is 3.05. The van der Waals surface area contributed by atoms with E-state index in [4.69, 9.17) is 0 Å². The van der Waals surface area contributed by atoms with Crippen molar-refractivity contribution in [1.29, 1.82) is 0 Å². The lowest BCUT2D eigenvalue weighted by molar-refractivity contribution is -0.130. The number of hydrogen-bond acceptors (Lipinski definition) is 4. The van der Waals surface area contributed by atoms with Crippen LogP contribution in [0.2, 0.25) is 0 Å². The number of aliphatic hydroxyl groups is 1. The van der Waals surface area contributed by atoms with Crippen LogP contribution in [0.25, 0.3) is 11.0 Å². The predicted molar refractivity (Wildman–Crippen MR) is 98.5 cm³/mol. The smallest absolute Gasteiger partial charge is 0.223 e. The van der Waals surface area contributed by atoms with Crippen LogP contribution in [0.15, 0.2) is 48.8 Å². The van der Waals surface area contributed by atoms with Gasteiger partial charge in [0.2, 0.25) is 5.91 Å². The molecule has 0 radical (unpaired) electrons. The number of carbonyl (C=O) groups is 1. The molecule has 2 N–H and O–H groups in total. The van der Waals surface area contributed by atoms with Crippen molar-refractivity contribution in [1.82, 2.24) is 19.9 Å². The summed E-state index contributed by atoms with van der Waals surface area (Å²) in [5.74, 6) is 1.19. The van der Waals surface area contributed by atoms with Crippen LogP contribution in [0.3, 0.4) is 0 Å². The minimum absolute atomic E-state index is 0.0764. The Morgan fingerprint density at radius 3 is 2.77 bits per heavy atom. The number of para-hydroxylation sites is 2. The highest BCUT2D eigenvalue weighted by atomic mass is 16.3. The third-order valence-corrected chi connectivity index (χ3v) is 5.18. The molecule has 1 aromatic carbocycles. The summed E-state index contributed by atoms with van der Waals surface area (Å²) in [6.07, 6.45) is 4.53. The SMILES string of the molecule is O=C(CCc1nc2ccccc2[nH]1)N1CC(CO)C(c2ccncc2)C1. The number of aliphatic hydroxyl groups excluding tert-OH is 1. The van der Waals surface area contributed by atoms with E-state index < -0.39 is 0 Å². The highest BCUT2D eigenvalue weighted by Crippen LogP contribution is 2.32. The van der Waals surface area contributed by atoms with E-state index in [1.165, 1.54) is 0 Å². The molecule has 6 nitrogen and oxygen atoms in total. The molecule has 134 valence electrons. The molecule has 1 amide bonds. The summed E-state index contributed by atoms with van der Waals surface area (Å²) in [6, 6.07) is 11.8. The van der Waals surface area contributed by atoms with Crippen LogP contribution in [-0.2, 0) is 11.2 Å². The standard InChI is InChI=1S/C20H22N4O2/c25-13-15-11-24(12-16(15)14-7-9-21-10-8-14)20(26)6-5-19-22-17-3-1-2-4-18(17)23-19/h1-4,7-10,15-16,25H,5-6,11-13H2,(H,22,23). The molecule has 26 heavy (non-hydrogen) atoms. The lowest BCUT2D eigenvalue weighted by Gasteiger charge is -2.16. The summed E-state index contributed by atoms with van der Waals surface area (Å²) >= 11 is 0. The number of pyridine rings is 1. The highest BCUT2D eigenvalue weighted by molar-refractivity contribution is 5.77. The largest absolute Gasteiger partial charge is 0.396 e. The first-order valence-electron chi connectivity index (χ1n) is 8.97. The van der Waals surface area contributed by atoms with Gasteiger partial charge in [-0.1, -0.05) is 12.1 Å². The van der Waals surface area contributed by atoms with Gasteiger partial charge in [-0.3, -0.25) is 9.78 Å². The second kappa shape index (κ2) is 7.25. The van der Waals surface area contributed by atoms with Gasteiger partial charge in [0.25, 0.3) is 0 Å². The molecule has 2 unspecified atom stereocenters. The summed E-state index contributed by atoms with van der Waals surface area (Å²) in [4.78, 5) is 26.4. The molecule has 1 saturated heterocycles. The van der Waals surface area contributed by atoms with Crippen LogP contribution in [0.4, 0.5) is 0 Å². The van der Waals surface area contributed by atoms with E-state index in [2.05, 4.69) is 15.0 Å². The zero-order valence-electron chi connectivity index (χ0n) is 14.5. The summed E-state index contributed by atoms with van der Waals surface area (Å²) in [6.45, 7) is 1.33. The third kappa shape index (κ3) is 3.32. The van der Waals surface area contributed by atoms with Gasteiger partial charge in [0, 0.05) is 56.8 Å². The fraction of sp³-hybridized carbons (Fsp3) is 0.350. The molecule has 4 rings (SSSR count). The van der Waals surface area contributed by atoms with E-state index in [1.54, 1.807) is 12.4 Å². The molecule has 0 spiro atoms. The van der Waals surface area contributed by atoms with Gasteiger partial charge in [-0.25, -0.2) is 4.98 Å². The van der Waals surface area contributed by atoms with Crippen molar-refractivity contribution < 1.29 is 9.90 Å². The van der Waals surface area contributed by atoms with E-state index in [0.717, 1.165) is 22.4 Å². The fourth-order valence-corrected chi connectivity index (χ4v) is 3.76. The molecule has 1 aliphatic heterocycles. The number of aryl methyl sites for hydroxylation is 1. The van der Waals surface area contributed by atoms with Crippen molar-refractivity contribution in [3.8, 4) is 0 Å². The van der Waals surface area contributed by atoms with Crippen LogP contribution in [0.1, 0.15) is 23.7 Å². The fourth-order valence-electron chi connectivity index (χ4n) is 3.76. The maximum atomic E-state index is 12.7. The zero-order chi connectivity index (χ0) is 17.9. The molecule has 3 heterocycles. The number of benzene rings is 1. The Labute approximate surface area is 151 Å². The molecular formula is C20H22N4O2. The summed E-state index contributed by atoms with van der Waals surface area (Å²) in [7, 11) is 0. The van der Waals surface area contributed by atoms with Gasteiger partial charge in [0.1, 0.15) is 5.82 Å². The maximum absolute atomic E-state index is 12.7. The summed E-state index contributed by atoms with van der Waals surface area (Å²) in [5, 5.41) is 9.72. The molecule has 2 atom stereocenters. The molecule has 2 aromatic heterocycles. The lowest BCUT2D eigenvalue weighted by Crippen LogP contribution is -2.29. The topological polar surface area (TPSA) is 82.1 Å². The third-order valence-electron chi connectivity index (χ3n) is 5.18. The molecule has 6 heteroatoms. The number of rotatable bonds is 5. The Morgan fingerprint density at radius 1 is 1.19 bits per heavy atom. The first-order valence-corrected chi connectivity index (χ1v) is 8.97. The minimum atomic E-state index is 0.0764. The van der Waals surface area contributed by atoms with Gasteiger partial charge >= 0.3 is 0 Å². The van der Waals surface area contributed by atoms with Crippen molar-refractivity contribution in [3.63, 3.8) is 0 Å². The lowest BCUT2D eigenvalue weighted by atomic mass is 9.90. The van der Waals surface area contributed by atoms with E-state index in [-0.39, 0.29) is 24.3 Å². The van der Waals surface area contributed by atoms with Crippen LogP contribution in [0, 0.1) is 5.92 Å². The molecule has 1 aliphatic rings. The molecule has 0 aliphatic carbocycles. The van der Waals surface area contributed by atoms with E-state index >= 15 is 0 Å². The highest BCUT2D eigenvalue weighted by Gasteiger charge is 2.35. The summed E-state index contributed by atoms with van der Waals surface area (Å²) < 4.78 is 0. The van der Waals surface area contributed by atoms with Gasteiger partial charge in [-0.05, 0) is 29.8 Å². The van der Waals surface area contributed by atoms with Crippen LogP contribution in [-0.4, -0.2) is 50.6 Å². The number of aromatic nitrogens is 3. The minimum Gasteiger partial charge on any atom is -0.396 e. The average Bonchev–Trinajstić information content (AvgIpc) is 3.30. The van der Waals surface area contributed by atoms with Crippen molar-refractivity contribution >= 4 is 16.9 Å². The van der Waals surface area contributed by atoms with E-state index in [1.807, 2.05) is 41.3 Å². The number of amides is 1. The second-order valence-corrected chi connectivity index (χ2v) is 6.83. The molecule has 1 fully saturated rings. The van der Waals surface area contributed by atoms with E-state index in [9.17, 15) is 9.90 Å². The Morgan fingerprint density at radius 2 is 2.00 bits per heavy atom. The first kappa shape index (κ1) is 16.7. The van der Waals surface area contributed by atoms with Gasteiger partial charge in [-0.2, -0.15) is 0 Å². The number of nitrogens with zero attached hydrogens (tertiary/aromatic N) is 3. The maximum Gasteiger partial charge on any atom is 0.223 e. The molecule has 0 bridgehead atoms. The predicted octanol–water partition coefficient (Wildman–Crippen LogP) is 2.12. The van der Waals surface area contributed by atoms with Gasteiger partial charge in [-0.15, -0.1) is 0 Å². The van der Waals surface area contributed by atoms with Crippen LogP contribution in [0.5, 0.6) is 0 Å². The number of likely N-dealkylation sites (tertiary alicyclic amines) is 1. The Kier molecular flexibility index (Phi) is 4.67. The number of carbonyl (C=O) groups excluding carboxylic acids is 1. The number of nitrogens with one attached hydrogen (secondary N) is 1. The van der Waals surface area contributed by atoms with Crippen molar-refractivity contribution in [2.24, 2.45) is 5.92 Å². The van der Waals surface area contributed by atoms with Crippen LogP contribution >= 0.6 is 0 Å². The number of H-pyrrole nitrogens is 1. The number of imidazole rings is 1. The first-order chi connectivity index (χ1) is 12.7. The molecule has 0 saturated carbocycles. The number of aromatic amines is 1. The number of fused-ring (bicyclic) bond motifs is 1. The Bertz CT molecular complexity index is 860. The van der Waals surface area contributed by atoms with E-state index in [0.29, 0.717) is 25.9 Å². The Balaban J connectivity index is 1.40. The normalized spacial score (nSPS) is 20.0. The van der Waals surface area contributed by atoms with Crippen molar-refractivity contribution in [2.45, 2.75) is 18.8 Å². The quantitative estimate of drug-likeness (QED) is 0.738. The van der Waals surface area contributed by atoms with Gasteiger partial charge in [0.15, 0.2) is 0 Å². The molecular weight excluding hydrogens is 328 g/mol. The zero-order valence-corrected chi connectivity index (χ0v) is 14.5. The second-order valence-electron chi connectivity index (χ2n) is 6.83. The molecule has 3 aromatic rings. The monoisotopic (exact) mass is 350 g/mol. The average molecular weight is 350 g/mol.